The van der Waals surface area contributed by atoms with Crippen molar-refractivity contribution in [3.63, 3.8) is 0 Å². The van der Waals surface area contributed by atoms with Crippen LogP contribution >= 0.6 is 0 Å². The Morgan fingerprint density at radius 3 is 2.26 bits per heavy atom. The molecule has 12 nitrogen and oxygen atoms in total. The summed E-state index contributed by atoms with van der Waals surface area (Å²) in [6.07, 6.45) is -9.65. The molecule has 4 aliphatic heterocycles. The highest BCUT2D eigenvalue weighted by atomic mass is 16.8. The molecule has 6 rings (SSSR count). The number of ether oxygens (including phenoxy) is 5. The second-order valence-corrected chi connectivity index (χ2v) is 11.4. The monoisotopic (exact) mass is 482 g/mol. The molecule has 186 valence electrons. The molecular formula is C22H26O12. The fraction of sp³-hybridized carbons (Fsp3) is 0.818. The van der Waals surface area contributed by atoms with Gasteiger partial charge in [-0.2, -0.15) is 0 Å². The molecule has 4 saturated heterocycles. The lowest BCUT2D eigenvalue weighted by Crippen LogP contribution is -2.67. The maximum atomic E-state index is 13.6. The van der Waals surface area contributed by atoms with Crippen molar-refractivity contribution in [3.8, 4) is 0 Å². The van der Waals surface area contributed by atoms with Gasteiger partial charge in [0.2, 0.25) is 11.9 Å². The Kier molecular flexibility index (Phi) is 3.75. The van der Waals surface area contributed by atoms with Gasteiger partial charge in [0.15, 0.2) is 23.9 Å². The fourth-order valence-corrected chi connectivity index (χ4v) is 8.54. The quantitative estimate of drug-likeness (QED) is 0.282. The van der Waals surface area contributed by atoms with Gasteiger partial charge >= 0.3 is 23.9 Å². The number of esters is 4. The van der Waals surface area contributed by atoms with E-state index in [1.807, 2.05) is 0 Å². The van der Waals surface area contributed by atoms with E-state index in [1.165, 1.54) is 6.92 Å². The van der Waals surface area contributed by atoms with E-state index in [4.69, 9.17) is 23.7 Å². The normalized spacial score (nSPS) is 56.4. The van der Waals surface area contributed by atoms with Crippen LogP contribution in [0.15, 0.2) is 0 Å². The number of aliphatic hydroxyl groups is 3. The first-order valence-electron chi connectivity index (χ1n) is 11.2. The van der Waals surface area contributed by atoms with Crippen LogP contribution in [-0.4, -0.2) is 87.2 Å². The van der Waals surface area contributed by atoms with Gasteiger partial charge in [-0.15, -0.1) is 0 Å². The Morgan fingerprint density at radius 2 is 1.68 bits per heavy atom. The third-order valence-corrected chi connectivity index (χ3v) is 9.23. The highest BCUT2D eigenvalue weighted by Crippen LogP contribution is 2.84. The lowest BCUT2D eigenvalue weighted by molar-refractivity contribution is -0.240. The number of aliphatic hydroxyl groups excluding tert-OH is 2. The van der Waals surface area contributed by atoms with E-state index in [0.29, 0.717) is 0 Å². The highest BCUT2D eigenvalue weighted by molar-refractivity contribution is 5.94. The molecule has 12 atom stereocenters. The first-order chi connectivity index (χ1) is 15.7. The molecule has 0 aromatic heterocycles. The van der Waals surface area contributed by atoms with Crippen molar-refractivity contribution >= 4 is 23.9 Å². The lowest BCUT2D eigenvalue weighted by atomic mass is 9.51. The average molecular weight is 482 g/mol. The summed E-state index contributed by atoms with van der Waals surface area (Å²) in [5, 5.41) is 35.3. The van der Waals surface area contributed by atoms with Gasteiger partial charge < -0.3 is 39.0 Å². The number of carbonyl (C=O) groups excluding carboxylic acids is 4. The van der Waals surface area contributed by atoms with E-state index in [-0.39, 0.29) is 0 Å². The average Bonchev–Trinajstić information content (AvgIpc) is 3.41. The zero-order chi connectivity index (χ0) is 25.0. The van der Waals surface area contributed by atoms with E-state index < -0.39 is 100.0 Å². The molecule has 2 aliphatic carbocycles. The van der Waals surface area contributed by atoms with Crippen LogP contribution < -0.4 is 0 Å². The second-order valence-electron chi connectivity index (χ2n) is 11.4. The molecule has 2 spiro atoms. The number of hydrogen-bond acceptors (Lipinski definition) is 12. The number of fused-ring (bicyclic) bond motifs is 1. The van der Waals surface area contributed by atoms with Gasteiger partial charge in [0.1, 0.15) is 12.2 Å². The van der Waals surface area contributed by atoms with E-state index >= 15 is 0 Å². The largest absolute Gasteiger partial charge is 0.458 e. The van der Waals surface area contributed by atoms with Crippen LogP contribution in [0.5, 0.6) is 0 Å². The Morgan fingerprint density at radius 1 is 1.03 bits per heavy atom. The summed E-state index contributed by atoms with van der Waals surface area (Å²) in [6, 6.07) is 0. The summed E-state index contributed by atoms with van der Waals surface area (Å²) in [5.74, 6) is -6.02. The van der Waals surface area contributed by atoms with E-state index in [2.05, 4.69) is 0 Å². The minimum atomic E-state index is -2.44. The molecule has 12 heteroatoms. The lowest BCUT2D eigenvalue weighted by Gasteiger charge is -2.47. The van der Waals surface area contributed by atoms with E-state index in [1.54, 1.807) is 20.8 Å². The summed E-state index contributed by atoms with van der Waals surface area (Å²) >= 11 is 0. The van der Waals surface area contributed by atoms with Crippen molar-refractivity contribution in [3.05, 3.63) is 0 Å². The van der Waals surface area contributed by atoms with Gasteiger partial charge in [0, 0.05) is 12.8 Å². The van der Waals surface area contributed by atoms with Crippen LogP contribution in [0.4, 0.5) is 0 Å². The molecule has 0 bridgehead atoms. The zero-order valence-corrected chi connectivity index (χ0v) is 19.1. The van der Waals surface area contributed by atoms with Crippen molar-refractivity contribution in [1.29, 1.82) is 0 Å². The van der Waals surface area contributed by atoms with Gasteiger partial charge in [0.05, 0.1) is 16.7 Å². The minimum Gasteiger partial charge on any atom is -0.458 e. The number of carbonyl (C=O) groups is 4. The van der Waals surface area contributed by atoms with Gasteiger partial charge in [-0.05, 0) is 12.3 Å². The van der Waals surface area contributed by atoms with Crippen LogP contribution in [-0.2, 0) is 42.9 Å². The third kappa shape index (κ3) is 1.71. The molecular weight excluding hydrogens is 456 g/mol. The van der Waals surface area contributed by atoms with Gasteiger partial charge in [-0.3, -0.25) is 9.59 Å². The highest BCUT2D eigenvalue weighted by Gasteiger charge is 3.05. The molecule has 0 amide bonds. The Hall–Kier alpha value is -2.28. The molecule has 4 heterocycles. The maximum Gasteiger partial charge on any atom is 0.343 e. The molecule has 0 aromatic carbocycles. The summed E-state index contributed by atoms with van der Waals surface area (Å²) < 4.78 is 28.2. The van der Waals surface area contributed by atoms with Crippen molar-refractivity contribution in [2.75, 3.05) is 0 Å². The molecule has 0 radical (unpaired) electrons. The van der Waals surface area contributed by atoms with Crippen LogP contribution in [0.1, 0.15) is 34.6 Å². The van der Waals surface area contributed by atoms with Crippen LogP contribution in [0.2, 0.25) is 0 Å². The topological polar surface area (TPSA) is 175 Å². The van der Waals surface area contributed by atoms with Crippen molar-refractivity contribution in [1.82, 2.24) is 0 Å². The first kappa shape index (κ1) is 22.2. The van der Waals surface area contributed by atoms with Crippen LogP contribution in [0.3, 0.4) is 0 Å². The molecule has 4 unspecified atom stereocenters. The first-order valence-corrected chi connectivity index (χ1v) is 11.2. The molecule has 0 aromatic rings. The van der Waals surface area contributed by atoms with E-state index in [0.717, 1.165) is 6.92 Å². The smallest absolute Gasteiger partial charge is 0.343 e. The maximum absolute atomic E-state index is 13.6. The standard InChI is InChI=1S/C22H26O12/c1-6-14(26)31-13-10(24)20-12-8(30-7(2)23)9(18(3,4)5)19(20)11(25)15(27)33-17(19)34-22(20,16(28)32-12)21(6,13)29/h6,8-13,17,24-25,29H,1-5H3/t6-,8-,9?,10-,11+,12?,13+,17+,19?,20?,21-,22-/m1/s1. The summed E-state index contributed by atoms with van der Waals surface area (Å²) in [6.45, 7) is 7.80. The van der Waals surface area contributed by atoms with Crippen LogP contribution in [0.25, 0.3) is 0 Å². The molecule has 6 fully saturated rings. The third-order valence-electron chi connectivity index (χ3n) is 9.23. The molecule has 3 N–H and O–H groups in total. The van der Waals surface area contributed by atoms with Crippen LogP contribution in [0, 0.1) is 28.1 Å². The molecule has 2 saturated carbocycles. The number of hydrogen-bond donors (Lipinski definition) is 3. The van der Waals surface area contributed by atoms with Gasteiger partial charge in [-0.25, -0.2) is 9.59 Å². The Balaban J connectivity index is 1.74. The van der Waals surface area contributed by atoms with Gasteiger partial charge in [0.25, 0.3) is 0 Å². The molecule has 34 heavy (non-hydrogen) atoms. The summed E-state index contributed by atoms with van der Waals surface area (Å²) in [5.41, 5.74) is -9.61. The van der Waals surface area contributed by atoms with Gasteiger partial charge in [-0.1, -0.05) is 20.8 Å². The Labute approximate surface area is 193 Å². The Bertz CT molecular complexity index is 1060. The molecule has 6 aliphatic rings. The predicted octanol–water partition coefficient (Wildman–Crippen LogP) is -1.83. The summed E-state index contributed by atoms with van der Waals surface area (Å²) in [4.78, 5) is 51.1. The minimum absolute atomic E-state index is 0.719. The van der Waals surface area contributed by atoms with E-state index in [9.17, 15) is 34.5 Å². The number of rotatable bonds is 1. The summed E-state index contributed by atoms with van der Waals surface area (Å²) in [7, 11) is 0. The van der Waals surface area contributed by atoms with Crippen molar-refractivity contribution < 1.29 is 58.2 Å². The van der Waals surface area contributed by atoms with Crippen molar-refractivity contribution in [2.45, 2.75) is 82.6 Å². The second kappa shape index (κ2) is 5.75. The van der Waals surface area contributed by atoms with Crippen molar-refractivity contribution in [2.24, 2.45) is 28.1 Å². The zero-order valence-electron chi connectivity index (χ0n) is 19.1. The fourth-order valence-electron chi connectivity index (χ4n) is 8.54. The SMILES string of the molecule is CC(=O)O[C@@H]1C(C(C)(C)C)C23[C@@H](OC(=O)[C@@H]2O)O[C@]24C(=O)OC1C32[C@H](O)[C@@H]1OC(=O)[C@@H](C)[C@@]14O. The predicted molar refractivity (Wildman–Crippen MR) is 103 cm³/mol.